The van der Waals surface area contributed by atoms with E-state index in [1.807, 2.05) is 18.2 Å². The van der Waals surface area contributed by atoms with Gasteiger partial charge >= 0.3 is 0 Å². The molecule has 0 fully saturated rings. The molecule has 1 radical (unpaired) electrons. The van der Waals surface area contributed by atoms with E-state index in [1.54, 1.807) is 6.20 Å². The van der Waals surface area contributed by atoms with E-state index in [9.17, 15) is 0 Å². The molecule has 2 rings (SSSR count). The lowest BCUT2D eigenvalue weighted by Gasteiger charge is -2.27. The molecule has 0 aliphatic carbocycles. The summed E-state index contributed by atoms with van der Waals surface area (Å²) in [6, 6.07) is 15.6. The van der Waals surface area contributed by atoms with E-state index in [0.717, 1.165) is 18.4 Å². The van der Waals surface area contributed by atoms with E-state index in [0.29, 0.717) is 6.61 Å². The van der Waals surface area contributed by atoms with Crippen molar-refractivity contribution in [1.82, 2.24) is 4.98 Å². The number of hydrogen-bond donors (Lipinski definition) is 1. The van der Waals surface area contributed by atoms with Crippen molar-refractivity contribution in [2.45, 2.75) is 51.9 Å². The number of nitrogens with one attached hydrogen (secondary N) is 1. The maximum Gasteiger partial charge on any atom is 0.217 e. The Morgan fingerprint density at radius 1 is 1.09 bits per heavy atom. The Bertz CT molecular complexity index is 596. The molecule has 0 aliphatic rings. The summed E-state index contributed by atoms with van der Waals surface area (Å²) in [7, 11) is -0.790. The number of nitrogens with zero attached hydrogens (tertiary/aromatic N) is 1. The molecule has 0 aliphatic heterocycles. The number of anilines is 1. The smallest absolute Gasteiger partial charge is 0.217 e. The minimum Gasteiger partial charge on any atom is -0.412 e. The quantitative estimate of drug-likeness (QED) is 0.725. The van der Waals surface area contributed by atoms with Crippen LogP contribution in [0.15, 0.2) is 48.7 Å². The zero-order valence-corrected chi connectivity index (χ0v) is 15.6. The summed E-state index contributed by atoms with van der Waals surface area (Å²) in [4.78, 5) is 4.28. The molecule has 0 saturated heterocycles. The summed E-state index contributed by atoms with van der Waals surface area (Å²) in [5.74, 6) is 0.901. The third-order valence-corrected chi connectivity index (χ3v) is 6.51. The molecule has 0 unspecified atom stereocenters. The van der Waals surface area contributed by atoms with Crippen LogP contribution in [0.3, 0.4) is 0 Å². The molecule has 123 valence electrons. The third-order valence-electron chi connectivity index (χ3n) is 3.70. The van der Waals surface area contributed by atoms with E-state index in [1.165, 1.54) is 11.1 Å². The van der Waals surface area contributed by atoms with Gasteiger partial charge in [-0.2, -0.15) is 0 Å². The van der Waals surface area contributed by atoms with Gasteiger partial charge in [-0.1, -0.05) is 58.0 Å². The van der Waals surface area contributed by atoms with Gasteiger partial charge < -0.3 is 9.74 Å². The van der Waals surface area contributed by atoms with Crippen molar-refractivity contribution in [2.24, 2.45) is 0 Å². The number of rotatable bonds is 7. The van der Waals surface area contributed by atoms with Crippen molar-refractivity contribution < 1.29 is 4.43 Å². The highest BCUT2D eigenvalue weighted by Crippen LogP contribution is 2.30. The van der Waals surface area contributed by atoms with Gasteiger partial charge in [-0.3, -0.25) is 0 Å². The second-order valence-electron chi connectivity index (χ2n) is 6.70. The standard InChI is InChI=1S/C19H27N2OSi/c1-5-23(19(2,3)4)22-15-17-10-8-9-16(13-17)14-21-18-11-6-7-12-20-18/h6-13H,5,14-15H2,1-4H3,(H,20,21). The second-order valence-corrected chi connectivity index (χ2v) is 10.0. The van der Waals surface area contributed by atoms with Crippen molar-refractivity contribution in [2.75, 3.05) is 5.32 Å². The monoisotopic (exact) mass is 327 g/mol. The van der Waals surface area contributed by atoms with Crippen molar-refractivity contribution >= 4 is 14.9 Å². The van der Waals surface area contributed by atoms with Gasteiger partial charge in [0.25, 0.3) is 0 Å². The van der Waals surface area contributed by atoms with Gasteiger partial charge in [0.05, 0.1) is 6.61 Å². The molecule has 1 aromatic carbocycles. The summed E-state index contributed by atoms with van der Waals surface area (Å²) in [5.41, 5.74) is 2.49. The molecule has 1 heterocycles. The fraction of sp³-hybridized carbons (Fsp3) is 0.421. The maximum absolute atomic E-state index is 6.23. The van der Waals surface area contributed by atoms with Crippen molar-refractivity contribution in [3.05, 3.63) is 59.8 Å². The minimum atomic E-state index is -0.790. The Morgan fingerprint density at radius 3 is 2.52 bits per heavy atom. The summed E-state index contributed by atoms with van der Waals surface area (Å²) in [5, 5.41) is 3.62. The molecule has 0 saturated carbocycles. The number of hydrogen-bond acceptors (Lipinski definition) is 3. The average molecular weight is 328 g/mol. The van der Waals surface area contributed by atoms with Crippen LogP contribution in [-0.2, 0) is 17.6 Å². The lowest BCUT2D eigenvalue weighted by molar-refractivity contribution is 0.290. The van der Waals surface area contributed by atoms with E-state index in [2.05, 4.69) is 62.3 Å². The molecule has 4 heteroatoms. The van der Waals surface area contributed by atoms with E-state index < -0.39 is 9.04 Å². The fourth-order valence-corrected chi connectivity index (χ4v) is 4.55. The number of aromatic nitrogens is 1. The molecule has 1 aromatic heterocycles. The van der Waals surface area contributed by atoms with Crippen LogP contribution in [0.1, 0.15) is 38.8 Å². The maximum atomic E-state index is 6.23. The van der Waals surface area contributed by atoms with Crippen LogP contribution in [0.5, 0.6) is 0 Å². The Kier molecular flexibility index (Phi) is 6.36. The normalized spacial score (nSPS) is 11.7. The van der Waals surface area contributed by atoms with E-state index in [4.69, 9.17) is 4.43 Å². The molecular weight excluding hydrogens is 300 g/mol. The second kappa shape index (κ2) is 8.27. The van der Waals surface area contributed by atoms with Gasteiger partial charge in [0.1, 0.15) is 5.82 Å². The summed E-state index contributed by atoms with van der Waals surface area (Å²) in [6.07, 6.45) is 1.80. The van der Waals surface area contributed by atoms with Crippen LogP contribution < -0.4 is 5.32 Å². The molecular formula is C19H27N2OSi. The van der Waals surface area contributed by atoms with Crippen molar-refractivity contribution in [3.8, 4) is 0 Å². The van der Waals surface area contributed by atoms with Crippen LogP contribution >= 0.6 is 0 Å². The van der Waals surface area contributed by atoms with Gasteiger partial charge in [-0.15, -0.1) is 0 Å². The van der Waals surface area contributed by atoms with Crippen LogP contribution in [0.2, 0.25) is 11.1 Å². The SMILES string of the molecule is CC[Si](OCc1cccc(CNc2ccccn2)c1)C(C)(C)C. The zero-order valence-electron chi connectivity index (χ0n) is 14.6. The Labute approximate surface area is 141 Å². The Hall–Kier alpha value is -1.65. The summed E-state index contributed by atoms with van der Waals surface area (Å²) >= 11 is 0. The molecule has 0 atom stereocenters. The highest BCUT2D eigenvalue weighted by atomic mass is 28.3. The van der Waals surface area contributed by atoms with Crippen LogP contribution in [0, 0.1) is 0 Å². The number of benzene rings is 1. The highest BCUT2D eigenvalue weighted by molar-refractivity contribution is 6.55. The summed E-state index contributed by atoms with van der Waals surface area (Å²) in [6.45, 7) is 10.5. The van der Waals surface area contributed by atoms with Gasteiger partial charge in [0.2, 0.25) is 9.04 Å². The first-order valence-corrected chi connectivity index (χ1v) is 9.82. The van der Waals surface area contributed by atoms with E-state index in [-0.39, 0.29) is 5.04 Å². The van der Waals surface area contributed by atoms with Crippen LogP contribution in [0.25, 0.3) is 0 Å². The van der Waals surface area contributed by atoms with Crippen LogP contribution in [-0.4, -0.2) is 14.0 Å². The topological polar surface area (TPSA) is 34.1 Å². The molecule has 23 heavy (non-hydrogen) atoms. The van der Waals surface area contributed by atoms with Crippen molar-refractivity contribution in [1.29, 1.82) is 0 Å². The van der Waals surface area contributed by atoms with Crippen molar-refractivity contribution in [3.63, 3.8) is 0 Å². The lowest BCUT2D eigenvalue weighted by atomic mass is 10.1. The van der Waals surface area contributed by atoms with Gasteiger partial charge in [-0.05, 0) is 34.3 Å². The van der Waals surface area contributed by atoms with Gasteiger partial charge in [-0.25, -0.2) is 4.98 Å². The fourth-order valence-electron chi connectivity index (χ4n) is 2.51. The van der Waals surface area contributed by atoms with Crippen LogP contribution in [0.4, 0.5) is 5.82 Å². The summed E-state index contributed by atoms with van der Waals surface area (Å²) < 4.78 is 6.23. The Balaban J connectivity index is 1.92. The highest BCUT2D eigenvalue weighted by Gasteiger charge is 2.27. The van der Waals surface area contributed by atoms with E-state index >= 15 is 0 Å². The van der Waals surface area contributed by atoms with Gasteiger partial charge in [0, 0.05) is 12.7 Å². The minimum absolute atomic E-state index is 0.275. The lowest BCUT2D eigenvalue weighted by Crippen LogP contribution is -2.28. The molecule has 0 bridgehead atoms. The largest absolute Gasteiger partial charge is 0.412 e. The molecule has 1 N–H and O–H groups in total. The number of pyridine rings is 1. The molecule has 2 aromatic rings. The first kappa shape index (κ1) is 17.7. The molecule has 0 spiro atoms. The predicted molar refractivity (Wildman–Crippen MR) is 98.7 cm³/mol. The molecule has 0 amide bonds. The Morgan fingerprint density at radius 2 is 1.87 bits per heavy atom. The predicted octanol–water partition coefficient (Wildman–Crippen LogP) is 5.02. The average Bonchev–Trinajstić information content (AvgIpc) is 2.54. The first-order chi connectivity index (χ1) is 11.0. The van der Waals surface area contributed by atoms with Gasteiger partial charge in [0.15, 0.2) is 0 Å². The third kappa shape index (κ3) is 5.81. The molecule has 3 nitrogen and oxygen atoms in total. The zero-order chi connectivity index (χ0) is 16.7. The first-order valence-electron chi connectivity index (χ1n) is 8.21.